The Kier molecular flexibility index (Phi) is 8.91. The van der Waals surface area contributed by atoms with Gasteiger partial charge in [-0.2, -0.15) is 0 Å². The van der Waals surface area contributed by atoms with Crippen molar-refractivity contribution in [1.29, 1.82) is 0 Å². The van der Waals surface area contributed by atoms with Gasteiger partial charge in [-0.3, -0.25) is 14.5 Å². The van der Waals surface area contributed by atoms with Crippen molar-refractivity contribution in [3.8, 4) is 5.75 Å². The second kappa shape index (κ2) is 11.1. The molecular weight excluding hydrogens is 438 g/mol. The van der Waals surface area contributed by atoms with Gasteiger partial charge >= 0.3 is 12.1 Å². The van der Waals surface area contributed by atoms with E-state index in [2.05, 4.69) is 4.98 Å². The molecule has 0 unspecified atom stereocenters. The molecule has 1 aliphatic rings. The van der Waals surface area contributed by atoms with Crippen molar-refractivity contribution in [3.05, 3.63) is 17.8 Å². The molecule has 9 nitrogen and oxygen atoms in total. The van der Waals surface area contributed by atoms with Crippen molar-refractivity contribution in [1.82, 2.24) is 9.88 Å². The zero-order valence-corrected chi connectivity index (χ0v) is 21.6. The molecule has 190 valence electrons. The van der Waals surface area contributed by atoms with Crippen LogP contribution in [0.1, 0.15) is 66.4 Å². The number of piperidine rings is 1. The summed E-state index contributed by atoms with van der Waals surface area (Å²) < 4.78 is 11.0. The lowest BCUT2D eigenvalue weighted by Crippen LogP contribution is -2.52. The Morgan fingerprint density at radius 1 is 1.18 bits per heavy atom. The first kappa shape index (κ1) is 27.4. The van der Waals surface area contributed by atoms with Crippen LogP contribution in [0, 0.1) is 17.8 Å². The van der Waals surface area contributed by atoms with E-state index in [0.717, 1.165) is 5.56 Å². The smallest absolute Gasteiger partial charge is 0.410 e. The Bertz CT molecular complexity index is 893. The molecule has 1 aliphatic heterocycles. The molecule has 0 saturated carbocycles. The van der Waals surface area contributed by atoms with Crippen LogP contribution in [0.4, 0.5) is 10.6 Å². The summed E-state index contributed by atoms with van der Waals surface area (Å²) in [6.07, 6.45) is 1.24. The van der Waals surface area contributed by atoms with E-state index in [1.807, 2.05) is 27.7 Å². The van der Waals surface area contributed by atoms with Gasteiger partial charge in [0.2, 0.25) is 5.91 Å². The number of anilines is 1. The minimum absolute atomic E-state index is 0.00731. The number of carboxylic acid groups (broad SMARTS) is 1. The van der Waals surface area contributed by atoms with Gasteiger partial charge in [-0.05, 0) is 39.0 Å². The molecule has 2 atom stereocenters. The molecule has 0 spiro atoms. The highest BCUT2D eigenvalue weighted by atomic mass is 16.6. The maximum Gasteiger partial charge on any atom is 0.410 e. The zero-order chi connectivity index (χ0) is 25.8. The Balaban J connectivity index is 2.39. The topological polar surface area (TPSA) is 109 Å². The molecule has 2 rings (SSSR count). The van der Waals surface area contributed by atoms with Crippen molar-refractivity contribution >= 4 is 23.8 Å². The van der Waals surface area contributed by atoms with Gasteiger partial charge in [0.15, 0.2) is 0 Å². The first-order valence-corrected chi connectivity index (χ1v) is 11.8. The van der Waals surface area contributed by atoms with Gasteiger partial charge < -0.3 is 19.5 Å². The zero-order valence-electron chi connectivity index (χ0n) is 21.6. The van der Waals surface area contributed by atoms with E-state index in [-0.39, 0.29) is 37.3 Å². The molecule has 1 N–H and O–H groups in total. The molecule has 2 amide bonds. The number of rotatable bonds is 7. The van der Waals surface area contributed by atoms with E-state index < -0.39 is 29.5 Å². The number of carbonyl (C=O) groups excluding carboxylic acids is 2. The molecular formula is C25H39N3O6. The second-order valence-electron chi connectivity index (χ2n) is 10.6. The van der Waals surface area contributed by atoms with Gasteiger partial charge in [0.25, 0.3) is 0 Å². The quantitative estimate of drug-likeness (QED) is 0.628. The fourth-order valence-corrected chi connectivity index (χ4v) is 4.01. The Morgan fingerprint density at radius 3 is 2.29 bits per heavy atom. The summed E-state index contributed by atoms with van der Waals surface area (Å²) in [4.78, 5) is 45.8. The molecule has 9 heteroatoms. The summed E-state index contributed by atoms with van der Waals surface area (Å²) in [7, 11) is 1.58. The lowest BCUT2D eigenvalue weighted by molar-refractivity contribution is -0.144. The number of amides is 2. The number of aliphatic carboxylic acids is 1. The number of pyridine rings is 1. The number of likely N-dealkylation sites (tertiary alicyclic amines) is 1. The van der Waals surface area contributed by atoms with E-state index in [1.165, 1.54) is 4.90 Å². The number of nitrogens with zero attached hydrogens (tertiary/aromatic N) is 3. The number of hydrogen-bond donors (Lipinski definition) is 1. The fourth-order valence-electron chi connectivity index (χ4n) is 4.01. The second-order valence-corrected chi connectivity index (χ2v) is 10.6. The van der Waals surface area contributed by atoms with Crippen LogP contribution in [-0.4, -0.2) is 65.3 Å². The molecule has 1 saturated heterocycles. The Labute approximate surface area is 202 Å². The average molecular weight is 478 g/mol. The lowest BCUT2D eigenvalue weighted by Gasteiger charge is -2.38. The molecule has 0 aromatic carbocycles. The summed E-state index contributed by atoms with van der Waals surface area (Å²) in [5.41, 5.74) is 0.206. The van der Waals surface area contributed by atoms with Crippen molar-refractivity contribution < 1.29 is 29.0 Å². The lowest BCUT2D eigenvalue weighted by atomic mass is 9.88. The van der Waals surface area contributed by atoms with E-state index >= 15 is 0 Å². The summed E-state index contributed by atoms with van der Waals surface area (Å²) >= 11 is 0. The van der Waals surface area contributed by atoms with Gasteiger partial charge in [-0.25, -0.2) is 9.78 Å². The highest BCUT2D eigenvalue weighted by Gasteiger charge is 2.40. The third kappa shape index (κ3) is 7.08. The third-order valence-corrected chi connectivity index (χ3v) is 5.61. The van der Waals surface area contributed by atoms with Gasteiger partial charge in [0, 0.05) is 37.5 Å². The van der Waals surface area contributed by atoms with Crippen molar-refractivity contribution in [2.75, 3.05) is 31.6 Å². The number of methoxy groups -OCH3 is 1. The van der Waals surface area contributed by atoms with Crippen LogP contribution >= 0.6 is 0 Å². The van der Waals surface area contributed by atoms with E-state index in [0.29, 0.717) is 18.1 Å². The number of carboxylic acids is 1. The number of carbonyl (C=O) groups is 3. The van der Waals surface area contributed by atoms with Gasteiger partial charge in [-0.1, -0.05) is 27.7 Å². The minimum atomic E-state index is -1.04. The molecule has 2 heterocycles. The van der Waals surface area contributed by atoms with Crippen LogP contribution in [0.15, 0.2) is 12.3 Å². The third-order valence-electron chi connectivity index (χ3n) is 5.61. The minimum Gasteiger partial charge on any atom is -0.496 e. The maximum absolute atomic E-state index is 13.7. The standard InChI is InChI=1S/C25H39N3O6/c1-15(2)12-28(21-10-20(33-8)19(11-26-21)16(3)4)22(29)17-9-18(23(30)31)14-27(13-17)24(32)34-25(5,6)7/h10-11,15-18H,9,12-14H2,1-8H3,(H,30,31)/t17-,18+/m1/s1. The Hall–Kier alpha value is -2.84. The van der Waals surface area contributed by atoms with Crippen LogP contribution in [0.25, 0.3) is 0 Å². The predicted octanol–water partition coefficient (Wildman–Crippen LogP) is 4.16. The summed E-state index contributed by atoms with van der Waals surface area (Å²) in [5.74, 6) is -1.43. The van der Waals surface area contributed by atoms with Crippen LogP contribution in [0.3, 0.4) is 0 Å². The SMILES string of the molecule is COc1cc(N(CC(C)C)C(=O)[C@@H]2C[C@H](C(=O)O)CN(C(=O)OC(C)(C)C)C2)ncc1C(C)C. The van der Waals surface area contributed by atoms with Crippen LogP contribution < -0.4 is 9.64 Å². The van der Waals surface area contributed by atoms with Crippen molar-refractivity contribution in [2.45, 2.75) is 66.4 Å². The van der Waals surface area contributed by atoms with E-state index in [4.69, 9.17) is 9.47 Å². The van der Waals surface area contributed by atoms with Gasteiger partial charge in [-0.15, -0.1) is 0 Å². The summed E-state index contributed by atoms with van der Waals surface area (Å²) in [5, 5.41) is 9.69. The number of hydrogen-bond acceptors (Lipinski definition) is 6. The molecule has 0 radical (unpaired) electrons. The number of ether oxygens (including phenoxy) is 2. The molecule has 1 aromatic rings. The monoisotopic (exact) mass is 477 g/mol. The highest BCUT2D eigenvalue weighted by molar-refractivity contribution is 5.95. The largest absolute Gasteiger partial charge is 0.496 e. The van der Waals surface area contributed by atoms with Crippen molar-refractivity contribution in [3.63, 3.8) is 0 Å². The molecule has 1 aromatic heterocycles. The van der Waals surface area contributed by atoms with E-state index in [9.17, 15) is 19.5 Å². The van der Waals surface area contributed by atoms with E-state index in [1.54, 1.807) is 45.0 Å². The molecule has 0 aliphatic carbocycles. The Morgan fingerprint density at radius 2 is 1.79 bits per heavy atom. The summed E-state index contributed by atoms with van der Waals surface area (Å²) in [6.45, 7) is 13.8. The molecule has 1 fully saturated rings. The fraction of sp³-hybridized carbons (Fsp3) is 0.680. The van der Waals surface area contributed by atoms with Crippen LogP contribution in [0.5, 0.6) is 5.75 Å². The predicted molar refractivity (Wildman–Crippen MR) is 129 cm³/mol. The summed E-state index contributed by atoms with van der Waals surface area (Å²) in [6, 6.07) is 1.75. The van der Waals surface area contributed by atoms with Crippen LogP contribution in [-0.2, 0) is 14.3 Å². The maximum atomic E-state index is 13.7. The molecule has 0 bridgehead atoms. The van der Waals surface area contributed by atoms with Gasteiger partial charge in [0.05, 0.1) is 18.9 Å². The molecule has 34 heavy (non-hydrogen) atoms. The first-order chi connectivity index (χ1) is 15.7. The highest BCUT2D eigenvalue weighted by Crippen LogP contribution is 2.32. The van der Waals surface area contributed by atoms with Gasteiger partial charge in [0.1, 0.15) is 17.2 Å². The van der Waals surface area contributed by atoms with Crippen LogP contribution in [0.2, 0.25) is 0 Å². The normalized spacial score (nSPS) is 18.7. The average Bonchev–Trinajstić information content (AvgIpc) is 2.74. The van der Waals surface area contributed by atoms with Crippen molar-refractivity contribution in [2.24, 2.45) is 17.8 Å². The number of aromatic nitrogens is 1. The first-order valence-electron chi connectivity index (χ1n) is 11.8.